The molecule has 0 aliphatic rings. The van der Waals surface area contributed by atoms with Gasteiger partial charge in [-0.1, -0.05) is 17.4 Å². The third-order valence-electron chi connectivity index (χ3n) is 1.69. The summed E-state index contributed by atoms with van der Waals surface area (Å²) < 4.78 is 0. The molecule has 0 unspecified atom stereocenters. The van der Waals surface area contributed by atoms with Crippen molar-refractivity contribution in [3.63, 3.8) is 0 Å². The van der Waals surface area contributed by atoms with E-state index in [1.165, 1.54) is 6.07 Å². The van der Waals surface area contributed by atoms with Crippen molar-refractivity contribution < 1.29 is 10.2 Å². The van der Waals surface area contributed by atoms with Crippen LogP contribution in [0.3, 0.4) is 0 Å². The van der Waals surface area contributed by atoms with Gasteiger partial charge in [0.2, 0.25) is 5.13 Å². The van der Waals surface area contributed by atoms with Crippen molar-refractivity contribution in [1.82, 2.24) is 10.2 Å². The molecule has 0 amide bonds. The van der Waals surface area contributed by atoms with Crippen molar-refractivity contribution in [3.05, 3.63) is 18.2 Å². The Bertz CT molecular complexity index is 469. The number of nitrogens with two attached hydrogens (primary N) is 1. The molecule has 14 heavy (non-hydrogen) atoms. The third-order valence-corrected chi connectivity index (χ3v) is 2.47. The number of anilines is 1. The van der Waals surface area contributed by atoms with E-state index < -0.39 is 0 Å². The van der Waals surface area contributed by atoms with Crippen LogP contribution < -0.4 is 5.73 Å². The van der Waals surface area contributed by atoms with Crippen LogP contribution in [0.1, 0.15) is 0 Å². The number of para-hydroxylation sites is 1. The molecule has 0 radical (unpaired) electrons. The molecule has 0 bridgehead atoms. The van der Waals surface area contributed by atoms with Gasteiger partial charge in [0.1, 0.15) is 0 Å². The van der Waals surface area contributed by atoms with Gasteiger partial charge in [-0.05, 0) is 12.1 Å². The van der Waals surface area contributed by atoms with E-state index in [0.29, 0.717) is 15.7 Å². The maximum absolute atomic E-state index is 9.51. The molecule has 4 N–H and O–H groups in total. The van der Waals surface area contributed by atoms with E-state index in [4.69, 9.17) is 5.73 Å². The molecule has 2 rings (SSSR count). The highest BCUT2D eigenvalue weighted by Crippen LogP contribution is 2.37. The van der Waals surface area contributed by atoms with Gasteiger partial charge in [0.25, 0.3) is 0 Å². The zero-order chi connectivity index (χ0) is 10.1. The molecule has 1 heterocycles. The van der Waals surface area contributed by atoms with Crippen LogP contribution >= 0.6 is 11.3 Å². The summed E-state index contributed by atoms with van der Waals surface area (Å²) >= 11 is 1.15. The highest BCUT2D eigenvalue weighted by Gasteiger charge is 2.11. The summed E-state index contributed by atoms with van der Waals surface area (Å²) in [5.41, 5.74) is 5.83. The molecular formula is C8H7N3O2S. The number of nitrogen functional groups attached to an aromatic ring is 1. The molecule has 5 nitrogen and oxygen atoms in total. The molecule has 2 aromatic rings. The quantitative estimate of drug-likeness (QED) is 0.614. The molecule has 1 aromatic heterocycles. The Kier molecular flexibility index (Phi) is 1.97. The van der Waals surface area contributed by atoms with E-state index in [0.717, 1.165) is 11.3 Å². The van der Waals surface area contributed by atoms with Gasteiger partial charge in [-0.3, -0.25) is 0 Å². The summed E-state index contributed by atoms with van der Waals surface area (Å²) in [7, 11) is 0. The summed E-state index contributed by atoms with van der Waals surface area (Å²) in [6.07, 6.45) is 0. The van der Waals surface area contributed by atoms with E-state index in [2.05, 4.69) is 10.2 Å². The van der Waals surface area contributed by atoms with Crippen molar-refractivity contribution in [3.8, 4) is 22.1 Å². The Morgan fingerprint density at radius 3 is 2.64 bits per heavy atom. The van der Waals surface area contributed by atoms with E-state index in [1.54, 1.807) is 12.1 Å². The third kappa shape index (κ3) is 1.35. The number of phenols is 2. The lowest BCUT2D eigenvalue weighted by Gasteiger charge is -2.00. The summed E-state index contributed by atoms with van der Waals surface area (Å²) in [5, 5.41) is 26.9. The minimum Gasteiger partial charge on any atom is -0.504 e. The predicted molar refractivity (Wildman–Crippen MR) is 53.1 cm³/mol. The molecule has 0 saturated heterocycles. The van der Waals surface area contributed by atoms with Crippen LogP contribution in [0.5, 0.6) is 11.5 Å². The topological polar surface area (TPSA) is 92.3 Å². The summed E-state index contributed by atoms with van der Waals surface area (Å²) in [5.74, 6) is -0.389. The fraction of sp³-hybridized carbons (Fsp3) is 0. The lowest BCUT2D eigenvalue weighted by molar-refractivity contribution is 0.405. The van der Waals surface area contributed by atoms with Crippen molar-refractivity contribution in [1.29, 1.82) is 0 Å². The molecule has 72 valence electrons. The number of aromatic nitrogens is 2. The number of rotatable bonds is 1. The number of phenolic OH excluding ortho intramolecular Hbond substituents is 2. The smallest absolute Gasteiger partial charge is 0.203 e. The second-order valence-electron chi connectivity index (χ2n) is 2.62. The summed E-state index contributed by atoms with van der Waals surface area (Å²) in [6.45, 7) is 0. The van der Waals surface area contributed by atoms with E-state index in [1.807, 2.05) is 0 Å². The standard InChI is InChI=1S/C8H7N3O2S/c9-8-11-10-7(14-8)4-2-1-3-5(12)6(4)13/h1-3,12-13H,(H2,9,11). The first-order valence-electron chi connectivity index (χ1n) is 3.79. The molecule has 0 aliphatic carbocycles. The Hall–Kier alpha value is -1.82. The van der Waals surface area contributed by atoms with E-state index in [-0.39, 0.29) is 11.5 Å². The number of nitrogens with zero attached hydrogens (tertiary/aromatic N) is 2. The highest BCUT2D eigenvalue weighted by molar-refractivity contribution is 7.18. The molecule has 6 heteroatoms. The summed E-state index contributed by atoms with van der Waals surface area (Å²) in [6, 6.07) is 4.64. The van der Waals surface area contributed by atoms with Gasteiger partial charge in [-0.25, -0.2) is 0 Å². The van der Waals surface area contributed by atoms with Gasteiger partial charge in [0, 0.05) is 0 Å². The largest absolute Gasteiger partial charge is 0.504 e. The Morgan fingerprint density at radius 1 is 1.21 bits per heavy atom. The Labute approximate surface area is 83.5 Å². The van der Waals surface area contributed by atoms with Crippen LogP contribution in [0.2, 0.25) is 0 Å². The van der Waals surface area contributed by atoms with Gasteiger partial charge in [-0.15, -0.1) is 10.2 Å². The normalized spacial score (nSPS) is 10.3. The van der Waals surface area contributed by atoms with Gasteiger partial charge in [-0.2, -0.15) is 0 Å². The molecule has 0 spiro atoms. The maximum Gasteiger partial charge on any atom is 0.203 e. The fourth-order valence-electron chi connectivity index (χ4n) is 1.05. The number of benzene rings is 1. The van der Waals surface area contributed by atoms with Crippen molar-refractivity contribution in [2.45, 2.75) is 0 Å². The average Bonchev–Trinajstić information content (AvgIpc) is 2.57. The molecule has 1 aromatic carbocycles. The zero-order valence-corrected chi connectivity index (χ0v) is 7.82. The van der Waals surface area contributed by atoms with Crippen LogP contribution in [0.15, 0.2) is 18.2 Å². The molecule has 0 atom stereocenters. The van der Waals surface area contributed by atoms with Gasteiger partial charge in [0.15, 0.2) is 16.5 Å². The second kappa shape index (κ2) is 3.15. The van der Waals surface area contributed by atoms with E-state index >= 15 is 0 Å². The summed E-state index contributed by atoms with van der Waals surface area (Å²) in [4.78, 5) is 0. The van der Waals surface area contributed by atoms with Crippen LogP contribution in [0.4, 0.5) is 5.13 Å². The molecule has 0 fully saturated rings. The SMILES string of the molecule is Nc1nnc(-c2cccc(O)c2O)s1. The van der Waals surface area contributed by atoms with Gasteiger partial charge in [0.05, 0.1) is 5.56 Å². The molecule has 0 saturated carbocycles. The molecular weight excluding hydrogens is 202 g/mol. The lowest BCUT2D eigenvalue weighted by Crippen LogP contribution is -1.80. The number of hydrogen-bond acceptors (Lipinski definition) is 6. The predicted octanol–water partition coefficient (Wildman–Crippen LogP) is 1.20. The number of hydrogen-bond donors (Lipinski definition) is 3. The van der Waals surface area contributed by atoms with Crippen LogP contribution in [0, 0.1) is 0 Å². The lowest BCUT2D eigenvalue weighted by atomic mass is 10.2. The average molecular weight is 209 g/mol. The maximum atomic E-state index is 9.51. The van der Waals surface area contributed by atoms with Crippen LogP contribution in [-0.4, -0.2) is 20.4 Å². The van der Waals surface area contributed by atoms with Gasteiger partial charge < -0.3 is 15.9 Å². The minimum absolute atomic E-state index is 0.184. The first-order chi connectivity index (χ1) is 6.68. The monoisotopic (exact) mass is 209 g/mol. The van der Waals surface area contributed by atoms with E-state index in [9.17, 15) is 10.2 Å². The van der Waals surface area contributed by atoms with Crippen molar-refractivity contribution in [2.24, 2.45) is 0 Å². The first kappa shape index (κ1) is 8.76. The zero-order valence-electron chi connectivity index (χ0n) is 7.01. The van der Waals surface area contributed by atoms with Crippen LogP contribution in [0.25, 0.3) is 10.6 Å². The Morgan fingerprint density at radius 2 is 2.00 bits per heavy atom. The van der Waals surface area contributed by atoms with Crippen molar-refractivity contribution >= 4 is 16.5 Å². The van der Waals surface area contributed by atoms with Crippen LogP contribution in [-0.2, 0) is 0 Å². The minimum atomic E-state index is -0.205. The second-order valence-corrected chi connectivity index (χ2v) is 3.63. The fourth-order valence-corrected chi connectivity index (χ4v) is 1.68. The number of aromatic hydroxyl groups is 2. The first-order valence-corrected chi connectivity index (χ1v) is 4.60. The van der Waals surface area contributed by atoms with Gasteiger partial charge >= 0.3 is 0 Å². The highest BCUT2D eigenvalue weighted by atomic mass is 32.1. The molecule has 0 aliphatic heterocycles. The Balaban J connectivity index is 2.57. The van der Waals surface area contributed by atoms with Crippen molar-refractivity contribution in [2.75, 3.05) is 5.73 Å².